The number of aromatic nitrogens is 4. The molecule has 10 heteroatoms. The quantitative estimate of drug-likeness (QED) is 0.0735. The number of nitrogens with zero attached hydrogens (tertiary/aromatic N) is 3. The third-order valence-electron chi connectivity index (χ3n) is 9.86. The Hall–Kier alpha value is -3.66. The van der Waals surface area contributed by atoms with E-state index >= 15 is 0 Å². The van der Waals surface area contributed by atoms with Gasteiger partial charge in [-0.2, -0.15) is 8.84 Å². The average Bonchev–Trinajstić information content (AvgIpc) is 3.67. The maximum absolute atomic E-state index is 13.7. The molecule has 1 unspecified atom stereocenters. The number of amides is 1. The third-order valence-corrected chi connectivity index (χ3v) is 10.6. The standard InChI is InChI=1S/C43H66N6O3S/c1-11-12-13-14-15-16-17-18-19-20-21-22-40(50)44-34-23-33(42-45-39-28-38(43(8,9)10)46-49(39)47-42)24-35(27-34)48-53(51)52-41-36(30(4)5)25-32(29(2)3)26-37(41)31(6)7/h23-31,46,48H,11-22H2,1-10H3,(H,44,50). The molecule has 0 aliphatic rings. The normalized spacial score (nSPS) is 12.7. The van der Waals surface area contributed by atoms with Gasteiger partial charge in [0.25, 0.3) is 0 Å². The Kier molecular flexibility index (Phi) is 15.6. The highest BCUT2D eigenvalue weighted by Gasteiger charge is 2.22. The fraction of sp³-hybridized carbons (Fsp3) is 0.605. The van der Waals surface area contributed by atoms with Gasteiger partial charge in [0, 0.05) is 34.8 Å². The molecule has 3 N–H and O–H groups in total. The van der Waals surface area contributed by atoms with Gasteiger partial charge in [0.2, 0.25) is 5.91 Å². The summed E-state index contributed by atoms with van der Waals surface area (Å²) in [5.41, 5.74) is 6.73. The SMILES string of the molecule is CCCCCCCCCCCCCC(=O)Nc1cc(NS(=O)Oc2c(C(C)C)cc(C(C)C)cc2C(C)C)cc(-c2nc3cc(C(C)(C)C)[nH]n3n2)c1. The molecule has 0 aliphatic carbocycles. The van der Waals surface area contributed by atoms with Crippen LogP contribution in [-0.4, -0.2) is 29.9 Å². The fourth-order valence-corrected chi connectivity index (χ4v) is 7.22. The molecule has 2 heterocycles. The Morgan fingerprint density at radius 3 is 1.89 bits per heavy atom. The van der Waals surface area contributed by atoms with E-state index in [1.165, 1.54) is 56.9 Å². The first-order valence-electron chi connectivity index (χ1n) is 20.1. The van der Waals surface area contributed by atoms with Crippen molar-refractivity contribution >= 4 is 34.2 Å². The smallest absolute Gasteiger partial charge is 0.316 e. The van der Waals surface area contributed by atoms with E-state index in [1.54, 1.807) is 10.7 Å². The summed E-state index contributed by atoms with van der Waals surface area (Å²) in [6, 6.07) is 11.8. The molecule has 2 aromatic carbocycles. The highest BCUT2D eigenvalue weighted by molar-refractivity contribution is 7.82. The minimum absolute atomic E-state index is 0.0468. The van der Waals surface area contributed by atoms with Crippen molar-refractivity contribution in [1.82, 2.24) is 19.8 Å². The second-order valence-electron chi connectivity index (χ2n) is 16.7. The monoisotopic (exact) mass is 746 g/mol. The maximum atomic E-state index is 13.7. The van der Waals surface area contributed by atoms with E-state index in [2.05, 4.69) is 96.5 Å². The van der Waals surface area contributed by atoms with Crippen LogP contribution in [0.3, 0.4) is 0 Å². The molecule has 292 valence electrons. The first-order chi connectivity index (χ1) is 25.2. The number of benzene rings is 2. The largest absolute Gasteiger partial charge is 0.384 e. The van der Waals surface area contributed by atoms with Gasteiger partial charge < -0.3 is 9.50 Å². The predicted molar refractivity (Wildman–Crippen MR) is 222 cm³/mol. The number of hydrogen-bond acceptors (Lipinski definition) is 5. The van der Waals surface area contributed by atoms with Crippen LogP contribution in [0.5, 0.6) is 5.75 Å². The molecule has 0 radical (unpaired) electrons. The molecule has 1 amide bonds. The molecular weight excluding hydrogens is 681 g/mol. The summed E-state index contributed by atoms with van der Waals surface area (Å²) in [5, 5.41) is 11.1. The first kappa shape index (κ1) is 42.1. The number of fused-ring (bicyclic) bond motifs is 1. The van der Waals surface area contributed by atoms with Crippen LogP contribution in [-0.2, 0) is 21.5 Å². The Morgan fingerprint density at radius 2 is 1.36 bits per heavy atom. The van der Waals surface area contributed by atoms with Crippen LogP contribution in [0, 0.1) is 0 Å². The van der Waals surface area contributed by atoms with Gasteiger partial charge >= 0.3 is 11.3 Å². The number of nitrogens with one attached hydrogen (secondary N) is 3. The van der Waals surface area contributed by atoms with E-state index in [9.17, 15) is 9.00 Å². The topological polar surface area (TPSA) is 113 Å². The number of H-pyrrole nitrogens is 1. The lowest BCUT2D eigenvalue weighted by Crippen LogP contribution is -2.15. The zero-order chi connectivity index (χ0) is 38.7. The maximum Gasteiger partial charge on any atom is 0.316 e. The van der Waals surface area contributed by atoms with Crippen LogP contribution in [0.15, 0.2) is 36.4 Å². The lowest BCUT2D eigenvalue weighted by molar-refractivity contribution is -0.116. The molecule has 4 aromatic rings. The summed E-state index contributed by atoms with van der Waals surface area (Å²) in [4.78, 5) is 17.9. The molecule has 1 atom stereocenters. The van der Waals surface area contributed by atoms with Gasteiger partial charge in [-0.05, 0) is 59.1 Å². The van der Waals surface area contributed by atoms with Crippen molar-refractivity contribution in [1.29, 1.82) is 0 Å². The Balaban J connectivity index is 1.50. The molecule has 4 rings (SSSR count). The molecule has 0 fully saturated rings. The van der Waals surface area contributed by atoms with E-state index in [0.717, 1.165) is 36.1 Å². The second-order valence-corrected chi connectivity index (χ2v) is 17.5. The predicted octanol–water partition coefficient (Wildman–Crippen LogP) is 12.1. The minimum Gasteiger partial charge on any atom is -0.384 e. The van der Waals surface area contributed by atoms with Gasteiger partial charge in [0.1, 0.15) is 5.75 Å². The van der Waals surface area contributed by atoms with Gasteiger partial charge in [-0.25, -0.2) is 4.98 Å². The number of anilines is 2. The highest BCUT2D eigenvalue weighted by Crippen LogP contribution is 2.38. The molecule has 53 heavy (non-hydrogen) atoms. The van der Waals surface area contributed by atoms with Crippen LogP contribution in [0.2, 0.25) is 0 Å². The number of carbonyl (C=O) groups excluding carboxylic acids is 1. The lowest BCUT2D eigenvalue weighted by atomic mass is 9.88. The first-order valence-corrected chi connectivity index (χ1v) is 21.2. The van der Waals surface area contributed by atoms with E-state index in [0.29, 0.717) is 46.5 Å². The molecule has 0 aliphatic heterocycles. The molecule has 0 saturated heterocycles. The molecule has 0 saturated carbocycles. The minimum atomic E-state index is -1.93. The summed E-state index contributed by atoms with van der Waals surface area (Å²) >= 11 is -1.93. The van der Waals surface area contributed by atoms with Gasteiger partial charge in [-0.1, -0.05) is 146 Å². The van der Waals surface area contributed by atoms with Crippen molar-refractivity contribution in [3.8, 4) is 17.1 Å². The number of unbranched alkanes of at least 4 members (excludes halogenated alkanes) is 10. The van der Waals surface area contributed by atoms with Gasteiger partial charge in [0.15, 0.2) is 11.5 Å². The van der Waals surface area contributed by atoms with E-state index in [-0.39, 0.29) is 23.2 Å². The molecule has 2 aromatic heterocycles. The average molecular weight is 747 g/mol. The highest BCUT2D eigenvalue weighted by atomic mass is 32.2. The Bertz CT molecular complexity index is 1740. The zero-order valence-corrected chi connectivity index (χ0v) is 35.0. The van der Waals surface area contributed by atoms with Crippen LogP contribution in [0.1, 0.15) is 186 Å². The zero-order valence-electron chi connectivity index (χ0n) is 34.2. The fourth-order valence-electron chi connectivity index (χ4n) is 6.52. The summed E-state index contributed by atoms with van der Waals surface area (Å²) in [5.74, 6) is 1.81. The number of carbonyl (C=O) groups is 1. The number of hydrogen-bond donors (Lipinski definition) is 3. The molecule has 0 spiro atoms. The van der Waals surface area contributed by atoms with Crippen LogP contribution in [0.25, 0.3) is 17.0 Å². The van der Waals surface area contributed by atoms with Crippen LogP contribution >= 0.6 is 0 Å². The van der Waals surface area contributed by atoms with Crippen LogP contribution < -0.4 is 14.2 Å². The summed E-state index contributed by atoms with van der Waals surface area (Å²) in [6.45, 7) is 21.5. The van der Waals surface area contributed by atoms with Crippen molar-refractivity contribution in [2.24, 2.45) is 0 Å². The van der Waals surface area contributed by atoms with Crippen molar-refractivity contribution in [3.05, 3.63) is 58.8 Å². The molecule has 9 nitrogen and oxygen atoms in total. The summed E-state index contributed by atoms with van der Waals surface area (Å²) in [7, 11) is 0. The Morgan fingerprint density at radius 1 is 0.792 bits per heavy atom. The van der Waals surface area contributed by atoms with Crippen molar-refractivity contribution in [2.45, 2.75) is 169 Å². The van der Waals surface area contributed by atoms with Crippen LogP contribution in [0.4, 0.5) is 11.4 Å². The van der Waals surface area contributed by atoms with Gasteiger partial charge in [-0.15, -0.1) is 5.10 Å². The Labute approximate surface area is 321 Å². The van der Waals surface area contributed by atoms with E-state index < -0.39 is 11.3 Å². The number of aromatic amines is 1. The van der Waals surface area contributed by atoms with Gasteiger partial charge in [0.05, 0.1) is 5.69 Å². The van der Waals surface area contributed by atoms with Gasteiger partial charge in [-0.3, -0.25) is 14.6 Å². The third kappa shape index (κ3) is 12.4. The molecular formula is C43H66N6O3S. The van der Waals surface area contributed by atoms with Crippen molar-refractivity contribution in [2.75, 3.05) is 10.0 Å². The second kappa shape index (κ2) is 19.6. The number of rotatable bonds is 21. The summed E-state index contributed by atoms with van der Waals surface area (Å²) < 4.78 is 24.7. The molecule has 0 bridgehead atoms. The van der Waals surface area contributed by atoms with Crippen molar-refractivity contribution in [3.63, 3.8) is 0 Å². The lowest BCUT2D eigenvalue weighted by Gasteiger charge is -2.22. The summed E-state index contributed by atoms with van der Waals surface area (Å²) in [6.07, 6.45) is 14.0. The van der Waals surface area contributed by atoms with E-state index in [1.807, 2.05) is 18.2 Å². The van der Waals surface area contributed by atoms with E-state index in [4.69, 9.17) is 14.3 Å². The van der Waals surface area contributed by atoms with Crippen molar-refractivity contribution < 1.29 is 13.2 Å².